The second-order valence-corrected chi connectivity index (χ2v) is 5.32. The van der Waals surface area contributed by atoms with Crippen LogP contribution in [0.5, 0.6) is 11.5 Å². The molecule has 3 nitrogen and oxygen atoms in total. The van der Waals surface area contributed by atoms with E-state index < -0.39 is 0 Å². The van der Waals surface area contributed by atoms with Gasteiger partial charge in [-0.25, -0.2) is 0 Å². The highest BCUT2D eigenvalue weighted by Gasteiger charge is 2.12. The quantitative estimate of drug-likeness (QED) is 0.558. The number of benzene rings is 2. The van der Waals surface area contributed by atoms with Crippen molar-refractivity contribution in [3.05, 3.63) is 57.2 Å². The molecule has 0 amide bonds. The zero-order chi connectivity index (χ0) is 14.4. The van der Waals surface area contributed by atoms with Crippen LogP contribution in [0.15, 0.2) is 42.5 Å². The van der Waals surface area contributed by atoms with Crippen molar-refractivity contribution in [2.24, 2.45) is 0 Å². The predicted molar refractivity (Wildman–Crippen MR) is 86.5 cm³/mol. The molecule has 4 heteroatoms. The highest BCUT2D eigenvalue weighted by atomic mass is 127. The molecule has 0 aliphatic rings. The van der Waals surface area contributed by atoms with Gasteiger partial charge in [-0.05, 0) is 47.2 Å². The fraction of sp³-hybridized carbons (Fsp3) is 0.188. The zero-order valence-electron chi connectivity index (χ0n) is 11.1. The third-order valence-electron chi connectivity index (χ3n) is 2.69. The van der Waals surface area contributed by atoms with Gasteiger partial charge in [0.25, 0.3) is 0 Å². The molecule has 0 aliphatic carbocycles. The first-order valence-corrected chi connectivity index (χ1v) is 7.40. The minimum Gasteiger partial charge on any atom is -0.490 e. The summed E-state index contributed by atoms with van der Waals surface area (Å²) >= 11 is 2.15. The largest absolute Gasteiger partial charge is 0.490 e. The topological polar surface area (TPSA) is 35.5 Å². The molecule has 0 saturated heterocycles. The molecule has 0 N–H and O–H groups in total. The Morgan fingerprint density at radius 2 is 1.90 bits per heavy atom. The van der Waals surface area contributed by atoms with Crippen molar-refractivity contribution < 1.29 is 14.3 Å². The molecule has 2 aromatic rings. The van der Waals surface area contributed by atoms with Gasteiger partial charge in [0.2, 0.25) is 0 Å². The second-order valence-electron chi connectivity index (χ2n) is 4.16. The summed E-state index contributed by atoms with van der Waals surface area (Å²) in [6.45, 7) is 2.90. The molecule has 20 heavy (non-hydrogen) atoms. The van der Waals surface area contributed by atoms with Crippen molar-refractivity contribution in [3.8, 4) is 11.5 Å². The first-order chi connectivity index (χ1) is 9.74. The van der Waals surface area contributed by atoms with Crippen LogP contribution in [-0.4, -0.2) is 12.9 Å². The van der Waals surface area contributed by atoms with Gasteiger partial charge < -0.3 is 9.47 Å². The fourth-order valence-electron chi connectivity index (χ4n) is 1.79. The Kier molecular flexibility index (Phi) is 5.40. The van der Waals surface area contributed by atoms with Crippen LogP contribution in [0.4, 0.5) is 0 Å². The van der Waals surface area contributed by atoms with Gasteiger partial charge in [-0.15, -0.1) is 0 Å². The molecule has 104 valence electrons. The lowest BCUT2D eigenvalue weighted by Gasteiger charge is -2.14. The Labute approximate surface area is 132 Å². The van der Waals surface area contributed by atoms with Gasteiger partial charge >= 0.3 is 0 Å². The van der Waals surface area contributed by atoms with E-state index in [1.807, 2.05) is 37.3 Å². The smallest absolute Gasteiger partial charge is 0.175 e. The normalized spacial score (nSPS) is 10.1. The maximum atomic E-state index is 10.9. The first kappa shape index (κ1) is 14.8. The van der Waals surface area contributed by atoms with E-state index in [0.29, 0.717) is 30.3 Å². The number of ether oxygens (including phenoxy) is 2. The van der Waals surface area contributed by atoms with Crippen LogP contribution in [0.25, 0.3) is 0 Å². The Balaban J connectivity index is 2.23. The lowest BCUT2D eigenvalue weighted by molar-refractivity contribution is 0.112. The Bertz CT molecular complexity index is 582. The van der Waals surface area contributed by atoms with Crippen molar-refractivity contribution in [1.29, 1.82) is 0 Å². The molecule has 0 aromatic heterocycles. The summed E-state index contributed by atoms with van der Waals surface area (Å²) in [6, 6.07) is 13.4. The van der Waals surface area contributed by atoms with E-state index in [2.05, 4.69) is 22.6 Å². The number of carbonyl (C=O) groups excluding carboxylic acids is 1. The lowest BCUT2D eigenvalue weighted by Crippen LogP contribution is -2.02. The summed E-state index contributed by atoms with van der Waals surface area (Å²) in [6.07, 6.45) is 0.811. The summed E-state index contributed by atoms with van der Waals surface area (Å²) in [5, 5.41) is 0. The summed E-state index contributed by atoms with van der Waals surface area (Å²) in [4.78, 5) is 10.9. The average molecular weight is 382 g/mol. The molecule has 0 spiro atoms. The molecule has 0 heterocycles. The van der Waals surface area contributed by atoms with Crippen molar-refractivity contribution in [2.45, 2.75) is 13.5 Å². The molecular weight excluding hydrogens is 367 g/mol. The van der Waals surface area contributed by atoms with Crippen LogP contribution in [0, 0.1) is 3.57 Å². The van der Waals surface area contributed by atoms with Crippen LogP contribution in [0.3, 0.4) is 0 Å². The van der Waals surface area contributed by atoms with Gasteiger partial charge in [-0.2, -0.15) is 0 Å². The molecule has 0 bridgehead atoms. The van der Waals surface area contributed by atoms with Gasteiger partial charge in [0.15, 0.2) is 11.5 Å². The molecule has 0 fully saturated rings. The maximum absolute atomic E-state index is 10.9. The molecule has 0 saturated carbocycles. The van der Waals surface area contributed by atoms with E-state index in [0.717, 1.165) is 15.4 Å². The number of hydrogen-bond donors (Lipinski definition) is 0. The van der Waals surface area contributed by atoms with Crippen molar-refractivity contribution in [1.82, 2.24) is 0 Å². The van der Waals surface area contributed by atoms with Gasteiger partial charge in [0.05, 0.1) is 10.2 Å². The summed E-state index contributed by atoms with van der Waals surface area (Å²) in [5.41, 5.74) is 1.68. The summed E-state index contributed by atoms with van der Waals surface area (Å²) in [7, 11) is 0. The van der Waals surface area contributed by atoms with E-state index in [9.17, 15) is 4.79 Å². The zero-order valence-corrected chi connectivity index (χ0v) is 13.3. The molecule has 2 rings (SSSR count). The summed E-state index contributed by atoms with van der Waals surface area (Å²) in [5.74, 6) is 1.29. The maximum Gasteiger partial charge on any atom is 0.175 e. The molecule has 2 aromatic carbocycles. The highest BCUT2D eigenvalue weighted by molar-refractivity contribution is 14.1. The third-order valence-corrected chi connectivity index (χ3v) is 3.50. The fourth-order valence-corrected chi connectivity index (χ4v) is 2.57. The van der Waals surface area contributed by atoms with Crippen LogP contribution in [0.1, 0.15) is 22.8 Å². The number of aldehydes is 1. The number of hydrogen-bond acceptors (Lipinski definition) is 3. The monoisotopic (exact) mass is 382 g/mol. The van der Waals surface area contributed by atoms with E-state index in [4.69, 9.17) is 9.47 Å². The van der Waals surface area contributed by atoms with E-state index in [1.54, 1.807) is 12.1 Å². The van der Waals surface area contributed by atoms with Crippen molar-refractivity contribution in [2.75, 3.05) is 6.61 Å². The van der Waals surface area contributed by atoms with Gasteiger partial charge in [-0.3, -0.25) is 4.79 Å². The molecule has 0 atom stereocenters. The second kappa shape index (κ2) is 7.28. The Hall–Kier alpha value is -1.56. The highest BCUT2D eigenvalue weighted by Crippen LogP contribution is 2.34. The number of carbonyl (C=O) groups is 1. The van der Waals surface area contributed by atoms with Gasteiger partial charge in [0, 0.05) is 5.56 Å². The van der Waals surface area contributed by atoms with Crippen LogP contribution >= 0.6 is 22.6 Å². The minimum absolute atomic E-state index is 0.470. The average Bonchev–Trinajstić information content (AvgIpc) is 2.47. The van der Waals surface area contributed by atoms with Crippen molar-refractivity contribution in [3.63, 3.8) is 0 Å². The van der Waals surface area contributed by atoms with Crippen LogP contribution in [-0.2, 0) is 6.61 Å². The minimum atomic E-state index is 0.470. The van der Waals surface area contributed by atoms with E-state index in [-0.39, 0.29) is 0 Å². The lowest BCUT2D eigenvalue weighted by atomic mass is 10.2. The predicted octanol–water partition coefficient (Wildman–Crippen LogP) is 4.08. The molecule has 0 radical (unpaired) electrons. The van der Waals surface area contributed by atoms with E-state index >= 15 is 0 Å². The van der Waals surface area contributed by atoms with Gasteiger partial charge in [-0.1, -0.05) is 30.3 Å². The number of halogens is 1. The van der Waals surface area contributed by atoms with Crippen LogP contribution < -0.4 is 9.47 Å². The van der Waals surface area contributed by atoms with Gasteiger partial charge in [0.1, 0.15) is 12.9 Å². The number of rotatable bonds is 6. The third kappa shape index (κ3) is 3.72. The summed E-state index contributed by atoms with van der Waals surface area (Å²) < 4.78 is 12.3. The van der Waals surface area contributed by atoms with Crippen LogP contribution in [0.2, 0.25) is 0 Å². The SMILES string of the molecule is CCOc1cc(C=O)cc(I)c1OCc1ccccc1. The molecule has 0 unspecified atom stereocenters. The van der Waals surface area contributed by atoms with Crippen molar-refractivity contribution >= 4 is 28.9 Å². The first-order valence-electron chi connectivity index (χ1n) is 6.33. The molecular formula is C16H15IO3. The van der Waals surface area contributed by atoms with E-state index in [1.165, 1.54) is 0 Å². The Morgan fingerprint density at radius 3 is 2.55 bits per heavy atom. The molecule has 0 aliphatic heterocycles. The standard InChI is InChI=1S/C16H15IO3/c1-2-19-15-9-13(10-18)8-14(17)16(15)20-11-12-6-4-3-5-7-12/h3-10H,2,11H2,1H3. The Morgan fingerprint density at radius 1 is 1.15 bits per heavy atom.